The predicted molar refractivity (Wildman–Crippen MR) is 139 cm³/mol. The Morgan fingerprint density at radius 1 is 1.09 bits per heavy atom. The number of nitrogens with one attached hydrogen (secondary N) is 2. The van der Waals surface area contributed by atoms with E-state index in [0.29, 0.717) is 25.9 Å². The Kier molecular flexibility index (Phi) is 20.6. The van der Waals surface area contributed by atoms with Crippen molar-refractivity contribution in [2.45, 2.75) is 84.4 Å². The average molecular weight is 503 g/mol. The summed E-state index contributed by atoms with van der Waals surface area (Å²) in [7, 11) is 4.84. The second-order valence-electron chi connectivity index (χ2n) is 7.49. The largest absolute Gasteiger partial charge is 0.353 e. The number of hydrogen-bond acceptors (Lipinski definition) is 7. The average Bonchev–Trinajstić information content (AvgIpc) is 3.08. The zero-order valence-corrected chi connectivity index (χ0v) is 23.2. The van der Waals surface area contributed by atoms with E-state index in [9.17, 15) is 24.0 Å². The van der Waals surface area contributed by atoms with Gasteiger partial charge >= 0.3 is 0 Å². The van der Waals surface area contributed by atoms with Crippen LogP contribution in [0.3, 0.4) is 0 Å². The van der Waals surface area contributed by atoms with E-state index in [1.165, 1.54) is 35.5 Å². The van der Waals surface area contributed by atoms with E-state index in [2.05, 4.69) is 10.6 Å². The van der Waals surface area contributed by atoms with Crippen molar-refractivity contribution >= 4 is 41.2 Å². The molecule has 0 aromatic carbocycles. The Bertz CT molecular complexity index is 645. The molecular formula is C24H46N4O5S. The van der Waals surface area contributed by atoms with Gasteiger partial charge in [0.2, 0.25) is 23.6 Å². The van der Waals surface area contributed by atoms with Crippen molar-refractivity contribution in [3.8, 4) is 0 Å². The molecule has 34 heavy (non-hydrogen) atoms. The summed E-state index contributed by atoms with van der Waals surface area (Å²) in [5, 5.41) is 5.37. The Balaban J connectivity index is 0. The molecule has 1 heterocycles. The summed E-state index contributed by atoms with van der Waals surface area (Å²) in [5.41, 5.74) is 0. The number of likely N-dealkylation sites (tertiary alicyclic amines) is 1. The number of rotatable bonds is 14. The molecule has 0 saturated carbocycles. The first-order chi connectivity index (χ1) is 16.2. The van der Waals surface area contributed by atoms with Gasteiger partial charge in [-0.2, -0.15) is 0 Å². The van der Waals surface area contributed by atoms with E-state index in [-0.39, 0.29) is 47.5 Å². The molecule has 1 fully saturated rings. The van der Waals surface area contributed by atoms with Gasteiger partial charge in [-0.25, -0.2) is 0 Å². The smallest absolute Gasteiger partial charge is 0.243 e. The van der Waals surface area contributed by atoms with Gasteiger partial charge in [0.25, 0.3) is 0 Å². The minimum Gasteiger partial charge on any atom is -0.353 e. The number of unbranched alkanes of at least 4 members (excludes halogenated alkanes) is 2. The maximum absolute atomic E-state index is 12.5. The highest BCUT2D eigenvalue weighted by Crippen LogP contribution is 2.25. The number of nitrogens with zero attached hydrogens (tertiary/aromatic N) is 2. The third-order valence-electron chi connectivity index (χ3n) is 5.01. The first-order valence-electron chi connectivity index (χ1n) is 12.3. The normalized spacial score (nSPS) is 15.5. The summed E-state index contributed by atoms with van der Waals surface area (Å²) in [6.07, 6.45) is 2.86. The molecule has 0 aromatic rings. The second kappa shape index (κ2) is 20.4. The monoisotopic (exact) mass is 502 g/mol. The Morgan fingerprint density at radius 3 is 2.21 bits per heavy atom. The van der Waals surface area contributed by atoms with Crippen LogP contribution in [0, 0.1) is 0 Å². The van der Waals surface area contributed by atoms with Gasteiger partial charge in [-0.05, 0) is 32.6 Å². The molecule has 198 valence electrons. The van der Waals surface area contributed by atoms with Gasteiger partial charge < -0.3 is 15.5 Å². The molecular weight excluding hydrogens is 456 g/mol. The summed E-state index contributed by atoms with van der Waals surface area (Å²) in [6.45, 7) is 10.4. The van der Waals surface area contributed by atoms with Crippen molar-refractivity contribution in [1.82, 2.24) is 20.4 Å². The topological polar surface area (TPSA) is 116 Å². The van der Waals surface area contributed by atoms with Crippen molar-refractivity contribution in [1.29, 1.82) is 0 Å². The lowest BCUT2D eigenvalue weighted by atomic mass is 10.1. The van der Waals surface area contributed by atoms with Crippen molar-refractivity contribution in [3.05, 3.63) is 0 Å². The minimum atomic E-state index is -0.801. The van der Waals surface area contributed by atoms with Gasteiger partial charge in [-0.3, -0.25) is 28.9 Å². The van der Waals surface area contributed by atoms with E-state index >= 15 is 0 Å². The molecule has 1 saturated heterocycles. The lowest BCUT2D eigenvalue weighted by molar-refractivity contribution is -0.140. The fourth-order valence-electron chi connectivity index (χ4n) is 3.09. The van der Waals surface area contributed by atoms with E-state index in [4.69, 9.17) is 0 Å². The number of thioether (sulfide) groups is 1. The third-order valence-corrected chi connectivity index (χ3v) is 6.31. The molecule has 1 rings (SSSR count). The number of carbonyl (C=O) groups excluding carboxylic acids is 5. The van der Waals surface area contributed by atoms with E-state index in [1.54, 1.807) is 14.1 Å². The lowest BCUT2D eigenvalue weighted by Gasteiger charge is -2.27. The molecule has 2 unspecified atom stereocenters. The van der Waals surface area contributed by atoms with Crippen LogP contribution in [0.25, 0.3) is 0 Å². The van der Waals surface area contributed by atoms with E-state index in [1.807, 2.05) is 27.7 Å². The maximum atomic E-state index is 12.5. The van der Waals surface area contributed by atoms with Gasteiger partial charge in [0, 0.05) is 46.4 Å². The molecule has 10 heteroatoms. The van der Waals surface area contributed by atoms with Crippen LogP contribution in [0.2, 0.25) is 0 Å². The number of ketones is 1. The van der Waals surface area contributed by atoms with Gasteiger partial charge in [0.1, 0.15) is 11.8 Å². The van der Waals surface area contributed by atoms with Crippen LogP contribution < -0.4 is 10.6 Å². The molecule has 1 aliphatic heterocycles. The standard InChI is InChI=1S/C20H34N4O5S.2C2H6/c1-14(25)12-15(19(28)22-10-9-21-2)23(3)17(26)8-6-5-7-11-30-16-13-18(27)24(4)20(16)29;2*1-2/h15-16,21H,5-13H2,1-4H3,(H,22,28);2*1-2H3. The van der Waals surface area contributed by atoms with Crippen LogP contribution in [0.15, 0.2) is 0 Å². The van der Waals surface area contributed by atoms with Gasteiger partial charge in [-0.1, -0.05) is 34.1 Å². The van der Waals surface area contributed by atoms with Crippen LogP contribution in [-0.4, -0.2) is 90.5 Å². The highest BCUT2D eigenvalue weighted by molar-refractivity contribution is 8.00. The molecule has 9 nitrogen and oxygen atoms in total. The number of carbonyl (C=O) groups is 5. The van der Waals surface area contributed by atoms with Gasteiger partial charge in [-0.15, -0.1) is 11.8 Å². The maximum Gasteiger partial charge on any atom is 0.243 e. The molecule has 0 radical (unpaired) electrons. The molecule has 2 atom stereocenters. The van der Waals surface area contributed by atoms with Gasteiger partial charge in [0.15, 0.2) is 0 Å². The fraction of sp³-hybridized carbons (Fsp3) is 0.792. The molecule has 0 bridgehead atoms. The van der Waals surface area contributed by atoms with Crippen LogP contribution in [0.5, 0.6) is 0 Å². The highest BCUT2D eigenvalue weighted by Gasteiger charge is 2.35. The predicted octanol–water partition coefficient (Wildman–Crippen LogP) is 2.23. The third kappa shape index (κ3) is 13.1. The first kappa shape index (κ1) is 34.2. The Labute approximate surface area is 210 Å². The highest BCUT2D eigenvalue weighted by atomic mass is 32.2. The number of Topliss-reactive ketones (excluding diaryl/α,β-unsaturated/α-hetero) is 1. The van der Waals surface area contributed by atoms with E-state index in [0.717, 1.165) is 18.6 Å². The van der Waals surface area contributed by atoms with Crippen molar-refractivity contribution in [2.75, 3.05) is 40.0 Å². The zero-order valence-electron chi connectivity index (χ0n) is 22.4. The fourth-order valence-corrected chi connectivity index (χ4v) is 4.31. The zero-order chi connectivity index (χ0) is 26.7. The molecule has 4 amide bonds. The molecule has 0 spiro atoms. The first-order valence-corrected chi connectivity index (χ1v) is 13.3. The second-order valence-corrected chi connectivity index (χ2v) is 8.80. The lowest BCUT2D eigenvalue weighted by Crippen LogP contribution is -2.49. The summed E-state index contributed by atoms with van der Waals surface area (Å²) in [4.78, 5) is 62.3. The number of hydrogen-bond donors (Lipinski definition) is 2. The summed E-state index contributed by atoms with van der Waals surface area (Å²) in [6, 6.07) is -0.801. The van der Waals surface area contributed by atoms with Crippen molar-refractivity contribution in [3.63, 3.8) is 0 Å². The van der Waals surface area contributed by atoms with Crippen molar-refractivity contribution in [2.24, 2.45) is 0 Å². The number of imide groups is 1. The summed E-state index contributed by atoms with van der Waals surface area (Å²) in [5.74, 6) is -0.162. The molecule has 2 N–H and O–H groups in total. The van der Waals surface area contributed by atoms with E-state index < -0.39 is 6.04 Å². The summed E-state index contributed by atoms with van der Waals surface area (Å²) < 4.78 is 0. The molecule has 0 aromatic heterocycles. The molecule has 0 aliphatic carbocycles. The SMILES string of the molecule is CC.CC.CNCCNC(=O)C(CC(C)=O)N(C)C(=O)CCCCCSC1CC(=O)N(C)C1=O. The van der Waals surface area contributed by atoms with Gasteiger partial charge in [0.05, 0.1) is 5.25 Å². The summed E-state index contributed by atoms with van der Waals surface area (Å²) >= 11 is 1.49. The Hall–Kier alpha value is -1.94. The quantitative estimate of drug-likeness (QED) is 0.276. The van der Waals surface area contributed by atoms with Crippen LogP contribution in [-0.2, 0) is 24.0 Å². The van der Waals surface area contributed by atoms with Crippen LogP contribution in [0.1, 0.15) is 73.1 Å². The number of amides is 4. The minimum absolute atomic E-state index is 0.00709. The van der Waals surface area contributed by atoms with Crippen molar-refractivity contribution < 1.29 is 24.0 Å². The van der Waals surface area contributed by atoms with Crippen LogP contribution >= 0.6 is 11.8 Å². The Morgan fingerprint density at radius 2 is 1.71 bits per heavy atom. The molecule has 1 aliphatic rings. The van der Waals surface area contributed by atoms with Crippen LogP contribution in [0.4, 0.5) is 0 Å². The number of likely N-dealkylation sites (N-methyl/N-ethyl adjacent to an activating group) is 2.